The van der Waals surface area contributed by atoms with Crippen LogP contribution >= 0.6 is 0 Å². The number of carbonyl (C=O) groups is 1. The predicted octanol–water partition coefficient (Wildman–Crippen LogP) is 1.19. The second-order valence-corrected chi connectivity index (χ2v) is 5.37. The van der Waals surface area contributed by atoms with E-state index in [2.05, 4.69) is 16.5 Å². The molecule has 1 aromatic heterocycles. The quantitative estimate of drug-likeness (QED) is 0.919. The molecule has 1 aliphatic rings. The van der Waals surface area contributed by atoms with E-state index in [4.69, 9.17) is 5.26 Å². The largest absolute Gasteiger partial charge is 0.302 e. The van der Waals surface area contributed by atoms with Crippen molar-refractivity contribution in [3.8, 4) is 6.07 Å². The Morgan fingerprint density at radius 3 is 3.05 bits per heavy atom. The highest BCUT2D eigenvalue weighted by atomic mass is 16.2. The monoisotopic (exact) mass is 295 g/mol. The Morgan fingerprint density at radius 1 is 1.45 bits per heavy atom. The number of benzene rings is 1. The van der Waals surface area contributed by atoms with Gasteiger partial charge in [0, 0.05) is 32.4 Å². The van der Waals surface area contributed by atoms with Gasteiger partial charge in [-0.05, 0) is 24.1 Å². The van der Waals surface area contributed by atoms with Crippen molar-refractivity contribution in [2.24, 2.45) is 7.05 Å². The minimum absolute atomic E-state index is 0.0511. The summed E-state index contributed by atoms with van der Waals surface area (Å²) in [5, 5.41) is 16.5. The number of hydrogen-bond donors (Lipinski definition) is 1. The first-order valence-corrected chi connectivity index (χ1v) is 7.21. The summed E-state index contributed by atoms with van der Waals surface area (Å²) in [5.74, 6) is 0.749. The van der Waals surface area contributed by atoms with Crippen LogP contribution in [-0.4, -0.2) is 28.3 Å². The summed E-state index contributed by atoms with van der Waals surface area (Å²) in [6, 6.07) is 11.2. The molecule has 6 heteroatoms. The molecule has 22 heavy (non-hydrogen) atoms. The van der Waals surface area contributed by atoms with Crippen LogP contribution in [0, 0.1) is 11.3 Å². The highest BCUT2D eigenvalue weighted by Crippen LogP contribution is 2.19. The maximum absolute atomic E-state index is 12.4. The Hall–Kier alpha value is -2.65. The fraction of sp³-hybridized carbons (Fsp3) is 0.312. The molecule has 2 aromatic rings. The number of aromatic nitrogens is 2. The fourth-order valence-corrected chi connectivity index (χ4v) is 2.64. The molecule has 6 nitrogen and oxygen atoms in total. The number of nitrogens with one attached hydrogen (secondary N) is 1. The summed E-state index contributed by atoms with van der Waals surface area (Å²) < 4.78 is 1.69. The first-order valence-electron chi connectivity index (χ1n) is 7.21. The highest BCUT2D eigenvalue weighted by Gasteiger charge is 2.33. The second-order valence-electron chi connectivity index (χ2n) is 5.37. The lowest BCUT2D eigenvalue weighted by Gasteiger charge is -2.14. The average Bonchev–Trinajstić information content (AvgIpc) is 3.11. The third-order valence-corrected chi connectivity index (χ3v) is 3.79. The standard InChI is InChI=1S/C16H17N5O/c1-20-7-6-15(19-20)21-8-5-14(16(21)22)18-11-13-4-2-3-12(9-13)10-17/h2-4,6-7,9,14,18H,5,8,11H2,1H3. The van der Waals surface area contributed by atoms with Crippen LogP contribution in [0.15, 0.2) is 36.5 Å². The molecule has 0 bridgehead atoms. The van der Waals surface area contributed by atoms with Gasteiger partial charge in [-0.1, -0.05) is 12.1 Å². The molecule has 1 aliphatic heterocycles. The number of anilines is 1. The van der Waals surface area contributed by atoms with E-state index >= 15 is 0 Å². The van der Waals surface area contributed by atoms with Crippen LogP contribution in [0.3, 0.4) is 0 Å². The Balaban J connectivity index is 1.62. The van der Waals surface area contributed by atoms with Crippen LogP contribution in [0.5, 0.6) is 0 Å². The molecule has 1 unspecified atom stereocenters. The molecule has 2 heterocycles. The lowest BCUT2D eigenvalue weighted by molar-refractivity contribution is -0.118. The van der Waals surface area contributed by atoms with Crippen molar-refractivity contribution < 1.29 is 4.79 Å². The molecule has 1 fully saturated rings. The summed E-state index contributed by atoms with van der Waals surface area (Å²) in [7, 11) is 1.84. The number of aryl methyl sites for hydroxylation is 1. The number of nitriles is 1. The van der Waals surface area contributed by atoms with Gasteiger partial charge in [-0.2, -0.15) is 10.4 Å². The van der Waals surface area contributed by atoms with E-state index in [-0.39, 0.29) is 11.9 Å². The van der Waals surface area contributed by atoms with Gasteiger partial charge >= 0.3 is 0 Å². The number of carbonyl (C=O) groups excluding carboxylic acids is 1. The molecule has 112 valence electrons. The van der Waals surface area contributed by atoms with Gasteiger partial charge in [0.1, 0.15) is 0 Å². The van der Waals surface area contributed by atoms with E-state index in [1.165, 1.54) is 0 Å². The Morgan fingerprint density at radius 2 is 2.32 bits per heavy atom. The highest BCUT2D eigenvalue weighted by molar-refractivity contribution is 5.98. The third kappa shape index (κ3) is 2.85. The molecule has 1 amide bonds. The van der Waals surface area contributed by atoms with Crippen molar-refractivity contribution in [1.29, 1.82) is 5.26 Å². The Labute approximate surface area is 129 Å². The zero-order valence-corrected chi connectivity index (χ0v) is 12.4. The lowest BCUT2D eigenvalue weighted by Crippen LogP contribution is -2.38. The van der Waals surface area contributed by atoms with Gasteiger partial charge in [0.15, 0.2) is 5.82 Å². The van der Waals surface area contributed by atoms with Crippen LogP contribution in [-0.2, 0) is 18.4 Å². The molecule has 0 aliphatic carbocycles. The van der Waals surface area contributed by atoms with Crippen LogP contribution < -0.4 is 10.2 Å². The van der Waals surface area contributed by atoms with Crippen molar-refractivity contribution in [2.75, 3.05) is 11.4 Å². The summed E-state index contributed by atoms with van der Waals surface area (Å²) in [6.07, 6.45) is 2.59. The van der Waals surface area contributed by atoms with Gasteiger partial charge in [0.2, 0.25) is 5.91 Å². The van der Waals surface area contributed by atoms with E-state index in [0.29, 0.717) is 24.5 Å². The van der Waals surface area contributed by atoms with Crippen molar-refractivity contribution in [3.63, 3.8) is 0 Å². The van der Waals surface area contributed by atoms with Crippen molar-refractivity contribution >= 4 is 11.7 Å². The van der Waals surface area contributed by atoms with Gasteiger partial charge < -0.3 is 5.32 Å². The SMILES string of the molecule is Cn1ccc(N2CCC(NCc3cccc(C#N)c3)C2=O)n1. The van der Waals surface area contributed by atoms with Gasteiger partial charge in [0.05, 0.1) is 17.7 Å². The van der Waals surface area contributed by atoms with Crippen LogP contribution in [0.4, 0.5) is 5.82 Å². The van der Waals surface area contributed by atoms with Gasteiger partial charge in [-0.25, -0.2) is 0 Å². The van der Waals surface area contributed by atoms with E-state index in [1.54, 1.807) is 15.6 Å². The third-order valence-electron chi connectivity index (χ3n) is 3.79. The van der Waals surface area contributed by atoms with E-state index in [9.17, 15) is 4.79 Å². The maximum Gasteiger partial charge on any atom is 0.245 e. The molecular weight excluding hydrogens is 278 g/mol. The minimum Gasteiger partial charge on any atom is -0.302 e. The fourth-order valence-electron chi connectivity index (χ4n) is 2.64. The Kier molecular flexibility index (Phi) is 3.90. The molecule has 0 radical (unpaired) electrons. The maximum atomic E-state index is 12.4. The van der Waals surface area contributed by atoms with Gasteiger partial charge in [-0.3, -0.25) is 14.4 Å². The number of nitrogens with zero attached hydrogens (tertiary/aromatic N) is 4. The molecule has 1 aromatic carbocycles. The normalized spacial score (nSPS) is 17.7. The first-order chi connectivity index (χ1) is 10.7. The van der Waals surface area contributed by atoms with Crippen LogP contribution in [0.1, 0.15) is 17.5 Å². The number of rotatable bonds is 4. The smallest absolute Gasteiger partial charge is 0.245 e. The number of amides is 1. The van der Waals surface area contributed by atoms with Crippen LogP contribution in [0.2, 0.25) is 0 Å². The predicted molar refractivity (Wildman–Crippen MR) is 82.0 cm³/mol. The molecule has 1 saturated heterocycles. The van der Waals surface area contributed by atoms with Crippen molar-refractivity contribution in [2.45, 2.75) is 19.0 Å². The summed E-state index contributed by atoms with van der Waals surface area (Å²) >= 11 is 0. The zero-order valence-electron chi connectivity index (χ0n) is 12.4. The van der Waals surface area contributed by atoms with E-state index in [0.717, 1.165) is 12.0 Å². The van der Waals surface area contributed by atoms with Crippen molar-refractivity contribution in [1.82, 2.24) is 15.1 Å². The van der Waals surface area contributed by atoms with Crippen molar-refractivity contribution in [3.05, 3.63) is 47.7 Å². The van der Waals surface area contributed by atoms with Crippen LogP contribution in [0.25, 0.3) is 0 Å². The summed E-state index contributed by atoms with van der Waals surface area (Å²) in [6.45, 7) is 1.24. The second kappa shape index (κ2) is 6.00. The molecule has 0 spiro atoms. The molecular formula is C16H17N5O. The summed E-state index contributed by atoms with van der Waals surface area (Å²) in [4.78, 5) is 14.1. The van der Waals surface area contributed by atoms with Gasteiger partial charge in [-0.15, -0.1) is 0 Å². The summed E-state index contributed by atoms with van der Waals surface area (Å²) in [5.41, 5.74) is 1.63. The topological polar surface area (TPSA) is 73.9 Å². The van der Waals surface area contributed by atoms with Gasteiger partial charge in [0.25, 0.3) is 0 Å². The lowest BCUT2D eigenvalue weighted by atomic mass is 10.1. The Bertz CT molecular complexity index is 730. The molecule has 1 atom stereocenters. The molecule has 3 rings (SSSR count). The van der Waals surface area contributed by atoms with E-state index in [1.807, 2.05) is 37.5 Å². The van der Waals surface area contributed by atoms with E-state index < -0.39 is 0 Å². The minimum atomic E-state index is -0.201. The zero-order chi connectivity index (χ0) is 15.5. The molecule has 1 N–H and O–H groups in total. The molecule has 0 saturated carbocycles. The number of hydrogen-bond acceptors (Lipinski definition) is 4. The first kappa shape index (κ1) is 14.3. The average molecular weight is 295 g/mol.